The summed E-state index contributed by atoms with van der Waals surface area (Å²) in [6, 6.07) is 16.4. The zero-order valence-electron chi connectivity index (χ0n) is 11.7. The Bertz CT molecular complexity index is 622. The molecule has 2 aromatic carbocycles. The molecule has 5 nitrogen and oxygen atoms in total. The SMILES string of the molecule is Cc1ccc(C(=O)N/N=C(/N)COc2ccccc2)cc1. The van der Waals surface area contributed by atoms with E-state index < -0.39 is 0 Å². The first-order valence-corrected chi connectivity index (χ1v) is 6.52. The number of para-hydroxylation sites is 1. The maximum Gasteiger partial charge on any atom is 0.271 e. The third-order valence-electron chi connectivity index (χ3n) is 2.74. The van der Waals surface area contributed by atoms with Crippen molar-refractivity contribution in [1.29, 1.82) is 0 Å². The van der Waals surface area contributed by atoms with Gasteiger partial charge in [0.15, 0.2) is 5.84 Å². The summed E-state index contributed by atoms with van der Waals surface area (Å²) < 4.78 is 5.41. The van der Waals surface area contributed by atoms with Crippen molar-refractivity contribution in [3.63, 3.8) is 0 Å². The fourth-order valence-electron chi connectivity index (χ4n) is 1.60. The molecule has 0 aliphatic carbocycles. The van der Waals surface area contributed by atoms with Gasteiger partial charge in [-0.2, -0.15) is 5.10 Å². The molecule has 3 N–H and O–H groups in total. The highest BCUT2D eigenvalue weighted by Crippen LogP contribution is 2.07. The van der Waals surface area contributed by atoms with Gasteiger partial charge < -0.3 is 10.5 Å². The van der Waals surface area contributed by atoms with Crippen LogP contribution in [0.1, 0.15) is 15.9 Å². The maximum absolute atomic E-state index is 11.8. The predicted octanol–water partition coefficient (Wildman–Crippen LogP) is 2.08. The number of carbonyl (C=O) groups excluding carboxylic acids is 1. The number of benzene rings is 2. The number of hydrogen-bond donors (Lipinski definition) is 2. The Hall–Kier alpha value is -2.82. The average molecular weight is 283 g/mol. The fourth-order valence-corrected chi connectivity index (χ4v) is 1.60. The molecule has 0 fully saturated rings. The molecular formula is C16H17N3O2. The normalized spacial score (nSPS) is 11.0. The number of nitrogens with two attached hydrogens (primary N) is 1. The molecule has 2 rings (SSSR count). The van der Waals surface area contributed by atoms with Crippen LogP contribution in [-0.2, 0) is 0 Å². The molecule has 0 saturated carbocycles. The van der Waals surface area contributed by atoms with E-state index in [4.69, 9.17) is 10.5 Å². The van der Waals surface area contributed by atoms with Gasteiger partial charge in [-0.05, 0) is 31.2 Å². The van der Waals surface area contributed by atoms with Crippen molar-refractivity contribution < 1.29 is 9.53 Å². The molecule has 5 heteroatoms. The summed E-state index contributed by atoms with van der Waals surface area (Å²) in [7, 11) is 0. The largest absolute Gasteiger partial charge is 0.486 e. The van der Waals surface area contributed by atoms with Crippen molar-refractivity contribution in [2.75, 3.05) is 6.61 Å². The number of carbonyl (C=O) groups is 1. The highest BCUT2D eigenvalue weighted by Gasteiger charge is 2.04. The molecule has 0 spiro atoms. The van der Waals surface area contributed by atoms with Crippen LogP contribution in [0.4, 0.5) is 0 Å². The predicted molar refractivity (Wildman–Crippen MR) is 82.2 cm³/mol. The Labute approximate surface area is 123 Å². The molecule has 0 bridgehead atoms. The van der Waals surface area contributed by atoms with Crippen molar-refractivity contribution in [3.05, 3.63) is 65.7 Å². The minimum Gasteiger partial charge on any atom is -0.486 e. The molecule has 108 valence electrons. The van der Waals surface area contributed by atoms with E-state index in [0.717, 1.165) is 5.56 Å². The summed E-state index contributed by atoms with van der Waals surface area (Å²) in [6.45, 7) is 2.07. The molecule has 1 amide bonds. The van der Waals surface area contributed by atoms with Crippen molar-refractivity contribution >= 4 is 11.7 Å². The molecule has 21 heavy (non-hydrogen) atoms. The van der Waals surface area contributed by atoms with E-state index >= 15 is 0 Å². The number of nitrogens with one attached hydrogen (secondary N) is 1. The lowest BCUT2D eigenvalue weighted by molar-refractivity contribution is 0.0954. The van der Waals surface area contributed by atoms with Crippen LogP contribution in [0.25, 0.3) is 0 Å². The van der Waals surface area contributed by atoms with Gasteiger partial charge in [0.2, 0.25) is 0 Å². The molecular weight excluding hydrogens is 266 g/mol. The van der Waals surface area contributed by atoms with Gasteiger partial charge in [-0.3, -0.25) is 4.79 Å². The van der Waals surface area contributed by atoms with Gasteiger partial charge >= 0.3 is 0 Å². The van der Waals surface area contributed by atoms with E-state index in [1.807, 2.05) is 49.4 Å². The van der Waals surface area contributed by atoms with Crippen molar-refractivity contribution in [1.82, 2.24) is 5.43 Å². The summed E-state index contributed by atoms with van der Waals surface area (Å²) in [5.74, 6) is 0.581. The van der Waals surface area contributed by atoms with Crippen molar-refractivity contribution in [2.24, 2.45) is 10.8 Å². The zero-order valence-corrected chi connectivity index (χ0v) is 11.7. The molecule has 0 aliphatic heterocycles. The molecule has 0 atom stereocenters. The summed E-state index contributed by atoms with van der Waals surface area (Å²) in [5, 5.41) is 3.81. The number of rotatable bonds is 5. The fraction of sp³-hybridized carbons (Fsp3) is 0.125. The lowest BCUT2D eigenvalue weighted by Gasteiger charge is -2.06. The molecule has 0 radical (unpaired) electrons. The first-order valence-electron chi connectivity index (χ1n) is 6.52. The van der Waals surface area contributed by atoms with Gasteiger partial charge in [-0.15, -0.1) is 0 Å². The van der Waals surface area contributed by atoms with E-state index in [2.05, 4.69) is 10.5 Å². The van der Waals surface area contributed by atoms with E-state index in [-0.39, 0.29) is 18.3 Å². The van der Waals surface area contributed by atoms with Crippen molar-refractivity contribution in [3.8, 4) is 5.75 Å². The molecule has 0 aromatic heterocycles. The maximum atomic E-state index is 11.8. The topological polar surface area (TPSA) is 76.7 Å². The first-order chi connectivity index (χ1) is 10.1. The van der Waals surface area contributed by atoms with Crippen molar-refractivity contribution in [2.45, 2.75) is 6.92 Å². The number of ether oxygens (including phenoxy) is 1. The summed E-state index contributed by atoms with van der Waals surface area (Å²) >= 11 is 0. The van der Waals surface area contributed by atoms with Crippen LogP contribution in [-0.4, -0.2) is 18.3 Å². The Morgan fingerprint density at radius 2 is 1.81 bits per heavy atom. The third-order valence-corrected chi connectivity index (χ3v) is 2.74. The van der Waals surface area contributed by atoms with Crippen LogP contribution < -0.4 is 15.9 Å². The summed E-state index contributed by atoms with van der Waals surface area (Å²) in [4.78, 5) is 11.8. The number of nitrogens with zero attached hydrogens (tertiary/aromatic N) is 1. The lowest BCUT2D eigenvalue weighted by atomic mass is 10.1. The van der Waals surface area contributed by atoms with E-state index in [1.165, 1.54) is 0 Å². The van der Waals surface area contributed by atoms with Crippen LogP contribution >= 0.6 is 0 Å². The number of amidine groups is 1. The second kappa shape index (κ2) is 7.09. The standard InChI is InChI=1S/C16H17N3O2/c1-12-7-9-13(10-8-12)16(20)19-18-15(17)11-21-14-5-3-2-4-6-14/h2-10H,11H2,1H3,(H2,17,18)(H,19,20). The molecule has 0 saturated heterocycles. The Balaban J connectivity index is 1.85. The quantitative estimate of drug-likeness (QED) is 0.501. The molecule has 0 heterocycles. The monoisotopic (exact) mass is 283 g/mol. The Morgan fingerprint density at radius 3 is 2.48 bits per heavy atom. The minimum absolute atomic E-state index is 0.109. The highest BCUT2D eigenvalue weighted by atomic mass is 16.5. The second-order valence-corrected chi connectivity index (χ2v) is 4.51. The minimum atomic E-state index is -0.308. The summed E-state index contributed by atoms with van der Waals surface area (Å²) in [6.07, 6.45) is 0. The van der Waals surface area contributed by atoms with Gasteiger partial charge in [0.1, 0.15) is 12.4 Å². The third kappa shape index (κ3) is 4.65. The molecule has 2 aromatic rings. The lowest BCUT2D eigenvalue weighted by Crippen LogP contribution is -2.27. The number of aryl methyl sites for hydroxylation is 1. The smallest absolute Gasteiger partial charge is 0.271 e. The van der Waals surface area contributed by atoms with Crippen LogP contribution in [0.15, 0.2) is 59.7 Å². The van der Waals surface area contributed by atoms with Gasteiger partial charge in [-0.25, -0.2) is 5.43 Å². The molecule has 0 aliphatic rings. The zero-order chi connectivity index (χ0) is 15.1. The van der Waals surface area contributed by atoms with E-state index in [9.17, 15) is 4.79 Å². The van der Waals surface area contributed by atoms with Gasteiger partial charge in [0.05, 0.1) is 0 Å². The highest BCUT2D eigenvalue weighted by molar-refractivity contribution is 5.95. The van der Waals surface area contributed by atoms with Gasteiger partial charge in [0, 0.05) is 5.56 Å². The summed E-state index contributed by atoms with van der Waals surface area (Å²) in [5.41, 5.74) is 9.70. The van der Waals surface area contributed by atoms with Crippen LogP contribution in [0.3, 0.4) is 0 Å². The van der Waals surface area contributed by atoms with Gasteiger partial charge in [0.25, 0.3) is 5.91 Å². The van der Waals surface area contributed by atoms with E-state index in [1.54, 1.807) is 12.1 Å². The Kier molecular flexibility index (Phi) is 4.93. The van der Waals surface area contributed by atoms with Gasteiger partial charge in [-0.1, -0.05) is 35.9 Å². The second-order valence-electron chi connectivity index (χ2n) is 4.51. The van der Waals surface area contributed by atoms with Crippen LogP contribution in [0, 0.1) is 6.92 Å². The van der Waals surface area contributed by atoms with Crippen LogP contribution in [0.2, 0.25) is 0 Å². The number of hydrazone groups is 1. The Morgan fingerprint density at radius 1 is 1.14 bits per heavy atom. The van der Waals surface area contributed by atoms with Crippen LogP contribution in [0.5, 0.6) is 5.75 Å². The van der Waals surface area contributed by atoms with E-state index in [0.29, 0.717) is 11.3 Å². The number of amides is 1. The average Bonchev–Trinajstić information content (AvgIpc) is 2.52. The molecule has 0 unspecified atom stereocenters. The first kappa shape index (κ1) is 14.6. The number of hydrogen-bond acceptors (Lipinski definition) is 3.